The highest BCUT2D eigenvalue weighted by Gasteiger charge is 2.13. The summed E-state index contributed by atoms with van der Waals surface area (Å²) >= 11 is 0. The molecule has 6 heteroatoms. The third kappa shape index (κ3) is 4.87. The highest BCUT2D eigenvalue weighted by atomic mass is 16.2. The van der Waals surface area contributed by atoms with Crippen molar-refractivity contribution in [1.29, 1.82) is 0 Å². The van der Waals surface area contributed by atoms with Crippen LogP contribution in [0.5, 0.6) is 0 Å². The Hall–Kier alpha value is -2.76. The van der Waals surface area contributed by atoms with Gasteiger partial charge in [-0.1, -0.05) is 19.1 Å². The lowest BCUT2D eigenvalue weighted by molar-refractivity contribution is -0.137. The van der Waals surface area contributed by atoms with Gasteiger partial charge in [-0.2, -0.15) is 0 Å². The fraction of sp³-hybridized carbons (Fsp3) is 0.333. The van der Waals surface area contributed by atoms with Crippen LogP contribution in [0.4, 0.5) is 5.82 Å². The van der Waals surface area contributed by atoms with Gasteiger partial charge in [0.05, 0.1) is 0 Å². The second-order valence-electron chi connectivity index (χ2n) is 5.44. The summed E-state index contributed by atoms with van der Waals surface area (Å²) in [5.41, 5.74) is 1.89. The topological polar surface area (TPSA) is 75.2 Å². The Bertz CT molecular complexity index is 688. The summed E-state index contributed by atoms with van der Waals surface area (Å²) < 4.78 is 0. The second kappa shape index (κ2) is 8.76. The molecule has 0 fully saturated rings. The predicted octanol–water partition coefficient (Wildman–Crippen LogP) is 1.75. The van der Waals surface area contributed by atoms with Crippen molar-refractivity contribution in [3.05, 3.63) is 54.0 Å². The van der Waals surface area contributed by atoms with Crippen molar-refractivity contribution < 1.29 is 9.59 Å². The standard InChI is InChI=1S/C18H22N4O2/c1-3-16(23)18(24)21-13-14-7-6-11-20-17(14)22(2)12-9-15-8-4-5-10-19-15/h4-8,10-11H,3,9,12-13H2,1-2H3,(H,21,24). The van der Waals surface area contributed by atoms with E-state index in [9.17, 15) is 9.59 Å². The van der Waals surface area contributed by atoms with Gasteiger partial charge in [-0.15, -0.1) is 0 Å². The average molecular weight is 326 g/mol. The lowest BCUT2D eigenvalue weighted by Gasteiger charge is -2.21. The molecule has 2 aromatic rings. The number of nitrogens with one attached hydrogen (secondary N) is 1. The number of ketones is 1. The molecular formula is C18H22N4O2. The Morgan fingerprint density at radius 3 is 2.62 bits per heavy atom. The van der Waals surface area contributed by atoms with Crippen molar-refractivity contribution >= 4 is 17.5 Å². The number of anilines is 1. The van der Waals surface area contributed by atoms with E-state index < -0.39 is 11.7 Å². The van der Waals surface area contributed by atoms with E-state index in [1.54, 1.807) is 19.3 Å². The molecule has 0 radical (unpaired) electrons. The molecule has 0 spiro atoms. The SMILES string of the molecule is CCC(=O)C(=O)NCc1cccnc1N(C)CCc1ccccn1. The van der Waals surface area contributed by atoms with E-state index in [4.69, 9.17) is 0 Å². The lowest BCUT2D eigenvalue weighted by atomic mass is 10.2. The van der Waals surface area contributed by atoms with Crippen LogP contribution in [0.1, 0.15) is 24.6 Å². The first kappa shape index (κ1) is 17.6. The predicted molar refractivity (Wildman–Crippen MR) is 92.6 cm³/mol. The minimum Gasteiger partial charge on any atom is -0.359 e. The first-order valence-electron chi connectivity index (χ1n) is 7.97. The van der Waals surface area contributed by atoms with Crippen LogP contribution < -0.4 is 10.2 Å². The molecule has 6 nitrogen and oxygen atoms in total. The van der Waals surface area contributed by atoms with Crippen molar-refractivity contribution in [1.82, 2.24) is 15.3 Å². The molecule has 0 saturated heterocycles. The summed E-state index contributed by atoms with van der Waals surface area (Å²) in [6.07, 6.45) is 4.50. The van der Waals surface area contributed by atoms with E-state index in [1.807, 2.05) is 42.3 Å². The molecule has 2 rings (SSSR count). The van der Waals surface area contributed by atoms with Crippen LogP contribution in [0, 0.1) is 0 Å². The number of rotatable bonds is 8. The number of aromatic nitrogens is 2. The number of carbonyl (C=O) groups excluding carboxylic acids is 2. The molecule has 0 aliphatic rings. The van der Waals surface area contributed by atoms with Gasteiger partial charge in [0.25, 0.3) is 5.91 Å². The summed E-state index contributed by atoms with van der Waals surface area (Å²) in [6.45, 7) is 2.70. The Balaban J connectivity index is 1.99. The van der Waals surface area contributed by atoms with Crippen LogP contribution in [-0.4, -0.2) is 35.3 Å². The van der Waals surface area contributed by atoms with Crippen molar-refractivity contribution in [2.75, 3.05) is 18.5 Å². The van der Waals surface area contributed by atoms with Gasteiger partial charge in [-0.25, -0.2) is 4.98 Å². The number of Topliss-reactive ketones (excluding diaryl/α,β-unsaturated/α-hetero) is 1. The van der Waals surface area contributed by atoms with Gasteiger partial charge in [-0.3, -0.25) is 14.6 Å². The summed E-state index contributed by atoms with van der Waals surface area (Å²) in [6, 6.07) is 9.57. The van der Waals surface area contributed by atoms with Crippen LogP contribution in [0.3, 0.4) is 0 Å². The maximum absolute atomic E-state index is 11.6. The number of nitrogens with zero attached hydrogens (tertiary/aromatic N) is 3. The molecule has 0 bridgehead atoms. The minimum absolute atomic E-state index is 0.204. The van der Waals surface area contributed by atoms with E-state index in [-0.39, 0.29) is 13.0 Å². The smallest absolute Gasteiger partial charge is 0.287 e. The second-order valence-corrected chi connectivity index (χ2v) is 5.44. The Morgan fingerprint density at radius 1 is 1.12 bits per heavy atom. The molecular weight excluding hydrogens is 304 g/mol. The number of carbonyl (C=O) groups is 2. The molecule has 0 aliphatic heterocycles. The van der Waals surface area contributed by atoms with Crippen LogP contribution >= 0.6 is 0 Å². The zero-order valence-electron chi connectivity index (χ0n) is 14.0. The molecule has 24 heavy (non-hydrogen) atoms. The van der Waals surface area contributed by atoms with Crippen LogP contribution in [0.15, 0.2) is 42.7 Å². The van der Waals surface area contributed by atoms with Gasteiger partial charge in [-0.05, 0) is 18.2 Å². The number of pyridine rings is 2. The monoisotopic (exact) mass is 326 g/mol. The van der Waals surface area contributed by atoms with Crippen molar-refractivity contribution in [3.8, 4) is 0 Å². The molecule has 1 amide bonds. The van der Waals surface area contributed by atoms with Crippen LogP contribution in [0.25, 0.3) is 0 Å². The van der Waals surface area contributed by atoms with Crippen molar-refractivity contribution in [2.24, 2.45) is 0 Å². The number of hydrogen-bond acceptors (Lipinski definition) is 5. The molecule has 0 aromatic carbocycles. The molecule has 126 valence electrons. The van der Waals surface area contributed by atoms with Gasteiger partial charge in [0, 0.05) is 56.6 Å². The molecule has 2 aromatic heterocycles. The molecule has 2 heterocycles. The van der Waals surface area contributed by atoms with Gasteiger partial charge in [0.15, 0.2) is 0 Å². The molecule has 0 saturated carbocycles. The lowest BCUT2D eigenvalue weighted by Crippen LogP contribution is -2.31. The number of amides is 1. The highest BCUT2D eigenvalue weighted by Crippen LogP contribution is 2.16. The normalized spacial score (nSPS) is 10.2. The first-order valence-corrected chi connectivity index (χ1v) is 7.97. The zero-order valence-corrected chi connectivity index (χ0v) is 14.0. The molecule has 0 atom stereocenters. The average Bonchev–Trinajstić information content (AvgIpc) is 2.64. The van der Waals surface area contributed by atoms with Crippen molar-refractivity contribution in [2.45, 2.75) is 26.3 Å². The minimum atomic E-state index is -0.552. The van der Waals surface area contributed by atoms with Gasteiger partial charge in [0.2, 0.25) is 5.78 Å². The zero-order chi connectivity index (χ0) is 17.4. The van der Waals surface area contributed by atoms with E-state index in [0.29, 0.717) is 0 Å². The van der Waals surface area contributed by atoms with Gasteiger partial charge in [0.1, 0.15) is 5.82 Å². The van der Waals surface area contributed by atoms with Gasteiger partial charge >= 0.3 is 0 Å². The fourth-order valence-corrected chi connectivity index (χ4v) is 2.28. The highest BCUT2D eigenvalue weighted by molar-refractivity contribution is 6.36. The summed E-state index contributed by atoms with van der Waals surface area (Å²) in [5.74, 6) is -0.176. The third-order valence-electron chi connectivity index (χ3n) is 3.67. The first-order chi connectivity index (χ1) is 11.6. The van der Waals surface area contributed by atoms with Crippen LogP contribution in [-0.2, 0) is 22.6 Å². The van der Waals surface area contributed by atoms with Gasteiger partial charge < -0.3 is 10.2 Å². The number of likely N-dealkylation sites (N-methyl/N-ethyl adjacent to an activating group) is 1. The molecule has 1 N–H and O–H groups in total. The molecule has 0 unspecified atom stereocenters. The fourth-order valence-electron chi connectivity index (χ4n) is 2.28. The summed E-state index contributed by atoms with van der Waals surface area (Å²) in [5, 5.41) is 2.65. The summed E-state index contributed by atoms with van der Waals surface area (Å²) in [7, 11) is 1.95. The Morgan fingerprint density at radius 2 is 1.92 bits per heavy atom. The van der Waals surface area contributed by atoms with E-state index in [2.05, 4.69) is 15.3 Å². The summed E-state index contributed by atoms with van der Waals surface area (Å²) in [4.78, 5) is 33.7. The molecule has 0 aliphatic carbocycles. The Kier molecular flexibility index (Phi) is 6.42. The van der Waals surface area contributed by atoms with E-state index in [1.165, 1.54) is 0 Å². The largest absolute Gasteiger partial charge is 0.359 e. The quantitative estimate of drug-likeness (QED) is 0.748. The van der Waals surface area contributed by atoms with Crippen molar-refractivity contribution in [3.63, 3.8) is 0 Å². The maximum atomic E-state index is 11.6. The maximum Gasteiger partial charge on any atom is 0.287 e. The van der Waals surface area contributed by atoms with Crippen LogP contribution in [0.2, 0.25) is 0 Å². The Labute approximate surface area is 141 Å². The van der Waals surface area contributed by atoms with E-state index in [0.717, 1.165) is 30.0 Å². The third-order valence-corrected chi connectivity index (χ3v) is 3.67. The number of hydrogen-bond donors (Lipinski definition) is 1. The van der Waals surface area contributed by atoms with E-state index >= 15 is 0 Å².